The standard InChI is InChI=1S/C15H24O7S/c1-18-7-8-19-9-10-20-11-12-21-13-14-22-23(16,17)15-5-3-2-4-6-15/h2-6H,7-14H2,1H3. The smallest absolute Gasteiger partial charge is 0.297 e. The molecule has 0 spiro atoms. The van der Waals surface area contributed by atoms with Crippen LogP contribution in [0.3, 0.4) is 0 Å². The predicted molar refractivity (Wildman–Crippen MR) is 83.9 cm³/mol. The molecule has 0 fully saturated rings. The maximum absolute atomic E-state index is 11.8. The van der Waals surface area contributed by atoms with Gasteiger partial charge in [0.05, 0.1) is 57.8 Å². The van der Waals surface area contributed by atoms with Gasteiger partial charge in [0.25, 0.3) is 10.1 Å². The van der Waals surface area contributed by atoms with Crippen molar-refractivity contribution in [1.29, 1.82) is 0 Å². The molecule has 1 rings (SSSR count). The van der Waals surface area contributed by atoms with Crippen LogP contribution in [0.25, 0.3) is 0 Å². The second kappa shape index (κ2) is 12.4. The summed E-state index contributed by atoms with van der Waals surface area (Å²) in [7, 11) is -2.09. The Kier molecular flexibility index (Phi) is 10.8. The van der Waals surface area contributed by atoms with Crippen molar-refractivity contribution in [3.8, 4) is 0 Å². The lowest BCUT2D eigenvalue weighted by Crippen LogP contribution is -2.14. The van der Waals surface area contributed by atoms with E-state index >= 15 is 0 Å². The molecule has 1 aromatic carbocycles. The molecule has 0 radical (unpaired) electrons. The highest BCUT2D eigenvalue weighted by Gasteiger charge is 2.13. The van der Waals surface area contributed by atoms with Gasteiger partial charge in [0, 0.05) is 7.11 Å². The van der Waals surface area contributed by atoms with Gasteiger partial charge in [-0.15, -0.1) is 0 Å². The van der Waals surface area contributed by atoms with Gasteiger partial charge >= 0.3 is 0 Å². The summed E-state index contributed by atoms with van der Waals surface area (Å²) in [5.74, 6) is 0. The van der Waals surface area contributed by atoms with Crippen LogP contribution in [-0.4, -0.2) is 68.4 Å². The Morgan fingerprint density at radius 3 is 1.74 bits per heavy atom. The van der Waals surface area contributed by atoms with Crippen LogP contribution in [0, 0.1) is 0 Å². The SMILES string of the molecule is COCCOCCOCCOCCOS(=O)(=O)c1ccccc1. The zero-order chi connectivity index (χ0) is 16.8. The molecular weight excluding hydrogens is 324 g/mol. The number of methoxy groups -OCH3 is 1. The molecule has 0 unspecified atom stereocenters. The first kappa shape index (κ1) is 20.0. The van der Waals surface area contributed by atoms with Gasteiger partial charge in [-0.2, -0.15) is 8.42 Å². The first-order valence-electron chi connectivity index (χ1n) is 7.33. The van der Waals surface area contributed by atoms with E-state index in [1.165, 1.54) is 12.1 Å². The fourth-order valence-corrected chi connectivity index (χ4v) is 2.46. The summed E-state index contributed by atoms with van der Waals surface area (Å²) in [5, 5.41) is 0. The van der Waals surface area contributed by atoms with Crippen molar-refractivity contribution >= 4 is 10.1 Å². The third-order valence-electron chi connectivity index (χ3n) is 2.67. The number of hydrogen-bond donors (Lipinski definition) is 0. The van der Waals surface area contributed by atoms with Gasteiger partial charge in [0.15, 0.2) is 0 Å². The van der Waals surface area contributed by atoms with Gasteiger partial charge < -0.3 is 18.9 Å². The zero-order valence-corrected chi connectivity index (χ0v) is 14.1. The zero-order valence-electron chi connectivity index (χ0n) is 13.3. The lowest BCUT2D eigenvalue weighted by atomic mass is 10.4. The summed E-state index contributed by atoms with van der Waals surface area (Å²) in [6.45, 7) is 3.02. The van der Waals surface area contributed by atoms with Crippen LogP contribution in [0.4, 0.5) is 0 Å². The van der Waals surface area contributed by atoms with E-state index < -0.39 is 10.1 Å². The van der Waals surface area contributed by atoms with Gasteiger partial charge in [0.2, 0.25) is 0 Å². The molecule has 0 saturated carbocycles. The van der Waals surface area contributed by atoms with Gasteiger partial charge in [0.1, 0.15) is 0 Å². The van der Waals surface area contributed by atoms with Crippen molar-refractivity contribution in [3.63, 3.8) is 0 Å². The van der Waals surface area contributed by atoms with Crippen LogP contribution in [-0.2, 0) is 33.2 Å². The van der Waals surface area contributed by atoms with Crippen LogP contribution in [0.15, 0.2) is 35.2 Å². The van der Waals surface area contributed by atoms with E-state index in [4.69, 9.17) is 23.1 Å². The van der Waals surface area contributed by atoms with Crippen molar-refractivity contribution < 1.29 is 31.5 Å². The minimum absolute atomic E-state index is 0.0304. The largest absolute Gasteiger partial charge is 0.382 e. The molecule has 0 aliphatic carbocycles. The van der Waals surface area contributed by atoms with Gasteiger partial charge in [-0.25, -0.2) is 0 Å². The molecule has 0 bridgehead atoms. The Labute approximate surface area is 137 Å². The normalized spacial score (nSPS) is 11.7. The van der Waals surface area contributed by atoms with Gasteiger partial charge in [-0.05, 0) is 12.1 Å². The van der Waals surface area contributed by atoms with Crippen LogP contribution >= 0.6 is 0 Å². The Hall–Kier alpha value is -1.03. The Balaban J connectivity index is 1.96. The minimum Gasteiger partial charge on any atom is -0.382 e. The van der Waals surface area contributed by atoms with E-state index in [2.05, 4.69) is 0 Å². The fourth-order valence-electron chi connectivity index (χ4n) is 1.54. The number of rotatable bonds is 14. The summed E-state index contributed by atoms with van der Waals surface area (Å²) in [6.07, 6.45) is 0. The summed E-state index contributed by atoms with van der Waals surface area (Å²) in [6, 6.07) is 7.99. The Bertz CT molecular complexity index is 490. The average molecular weight is 348 g/mol. The molecule has 0 amide bonds. The monoisotopic (exact) mass is 348 g/mol. The molecule has 23 heavy (non-hydrogen) atoms. The second-order valence-corrected chi connectivity index (χ2v) is 6.03. The molecule has 0 saturated heterocycles. The van der Waals surface area contributed by atoms with Crippen molar-refractivity contribution in [2.75, 3.05) is 60.0 Å². The maximum atomic E-state index is 11.8. The van der Waals surface area contributed by atoms with Crippen LogP contribution in [0.5, 0.6) is 0 Å². The van der Waals surface area contributed by atoms with Gasteiger partial charge in [-0.3, -0.25) is 4.18 Å². The van der Waals surface area contributed by atoms with E-state index in [0.29, 0.717) is 39.6 Å². The van der Waals surface area contributed by atoms with Crippen LogP contribution in [0.1, 0.15) is 0 Å². The molecule has 0 heterocycles. The fraction of sp³-hybridized carbons (Fsp3) is 0.600. The molecular formula is C15H24O7S. The molecule has 0 aromatic heterocycles. The third-order valence-corrected chi connectivity index (χ3v) is 4.00. The Morgan fingerprint density at radius 1 is 0.739 bits per heavy atom. The lowest BCUT2D eigenvalue weighted by Gasteiger charge is -2.07. The number of ether oxygens (including phenoxy) is 4. The van der Waals surface area contributed by atoms with E-state index in [9.17, 15) is 8.42 Å². The molecule has 0 atom stereocenters. The van der Waals surface area contributed by atoms with Crippen molar-refractivity contribution in [3.05, 3.63) is 30.3 Å². The third kappa shape index (κ3) is 9.65. The maximum Gasteiger partial charge on any atom is 0.297 e. The minimum atomic E-state index is -3.71. The van der Waals surface area contributed by atoms with Crippen molar-refractivity contribution in [1.82, 2.24) is 0 Å². The first-order valence-corrected chi connectivity index (χ1v) is 8.74. The number of hydrogen-bond acceptors (Lipinski definition) is 7. The second-order valence-electron chi connectivity index (χ2n) is 4.42. The van der Waals surface area contributed by atoms with E-state index in [1.807, 2.05) is 0 Å². The van der Waals surface area contributed by atoms with E-state index in [-0.39, 0.29) is 18.1 Å². The highest BCUT2D eigenvalue weighted by Crippen LogP contribution is 2.10. The molecule has 0 aliphatic heterocycles. The molecule has 7 nitrogen and oxygen atoms in total. The molecule has 132 valence electrons. The van der Waals surface area contributed by atoms with Crippen LogP contribution < -0.4 is 0 Å². The van der Waals surface area contributed by atoms with E-state index in [1.54, 1.807) is 25.3 Å². The molecule has 8 heteroatoms. The number of benzene rings is 1. The highest BCUT2D eigenvalue weighted by molar-refractivity contribution is 7.86. The van der Waals surface area contributed by atoms with Gasteiger partial charge in [-0.1, -0.05) is 18.2 Å². The molecule has 1 aromatic rings. The summed E-state index contributed by atoms with van der Waals surface area (Å²) in [5.41, 5.74) is 0. The summed E-state index contributed by atoms with van der Waals surface area (Å²) in [4.78, 5) is 0.136. The summed E-state index contributed by atoms with van der Waals surface area (Å²) >= 11 is 0. The quantitative estimate of drug-likeness (QED) is 0.368. The average Bonchev–Trinajstić information content (AvgIpc) is 2.56. The summed E-state index contributed by atoms with van der Waals surface area (Å²) < 4.78 is 49.0. The van der Waals surface area contributed by atoms with Crippen molar-refractivity contribution in [2.45, 2.75) is 4.90 Å². The van der Waals surface area contributed by atoms with Crippen LogP contribution in [0.2, 0.25) is 0 Å². The Morgan fingerprint density at radius 2 is 1.22 bits per heavy atom. The predicted octanol–water partition coefficient (Wildman–Crippen LogP) is 1.09. The van der Waals surface area contributed by atoms with Crippen molar-refractivity contribution in [2.24, 2.45) is 0 Å². The molecule has 0 N–H and O–H groups in total. The van der Waals surface area contributed by atoms with E-state index in [0.717, 1.165) is 0 Å². The first-order chi connectivity index (χ1) is 11.2. The highest BCUT2D eigenvalue weighted by atomic mass is 32.2. The topological polar surface area (TPSA) is 80.3 Å². The lowest BCUT2D eigenvalue weighted by molar-refractivity contribution is 0.000401. The molecule has 0 aliphatic rings.